The maximum absolute atomic E-state index is 15.2. The summed E-state index contributed by atoms with van der Waals surface area (Å²) in [5, 5.41) is 10.4. The van der Waals surface area contributed by atoms with Crippen molar-refractivity contribution in [2.24, 2.45) is 5.92 Å². The number of aromatic nitrogens is 2. The standard InChI is InChI=1S/C19H25FN4O3/c1-3-10-6-7-23(8-12(10)25)17-9(2)16-13(15(21)14(17)20)18(26)22-19(27)24(16)11-4-5-11/h10-12,25H,3-8,21H2,1-2H3,(H,22,26,27). The van der Waals surface area contributed by atoms with Crippen molar-refractivity contribution < 1.29 is 9.50 Å². The molecule has 2 unspecified atom stereocenters. The molecule has 0 radical (unpaired) electrons. The number of anilines is 2. The minimum Gasteiger partial charge on any atom is -0.396 e. The Kier molecular flexibility index (Phi) is 4.25. The van der Waals surface area contributed by atoms with Crippen LogP contribution in [0, 0.1) is 18.7 Å². The van der Waals surface area contributed by atoms with Crippen molar-refractivity contribution >= 4 is 22.3 Å². The molecular weight excluding hydrogens is 351 g/mol. The molecule has 1 aliphatic carbocycles. The molecule has 2 aromatic rings. The number of nitrogen functional groups attached to an aromatic ring is 1. The van der Waals surface area contributed by atoms with E-state index >= 15 is 4.39 Å². The van der Waals surface area contributed by atoms with Gasteiger partial charge in [0, 0.05) is 24.7 Å². The van der Waals surface area contributed by atoms with Crippen LogP contribution in [0.1, 0.15) is 44.2 Å². The highest BCUT2D eigenvalue weighted by atomic mass is 19.1. The molecule has 27 heavy (non-hydrogen) atoms. The molecule has 2 aliphatic rings. The van der Waals surface area contributed by atoms with Gasteiger partial charge in [0.15, 0.2) is 5.82 Å². The topological polar surface area (TPSA) is 104 Å². The summed E-state index contributed by atoms with van der Waals surface area (Å²) in [4.78, 5) is 28.9. The van der Waals surface area contributed by atoms with E-state index in [4.69, 9.17) is 5.73 Å². The van der Waals surface area contributed by atoms with Gasteiger partial charge in [0.05, 0.1) is 28.4 Å². The summed E-state index contributed by atoms with van der Waals surface area (Å²) in [7, 11) is 0. The fourth-order valence-electron chi connectivity index (χ4n) is 4.40. The molecule has 2 fully saturated rings. The molecule has 2 atom stereocenters. The Morgan fingerprint density at radius 1 is 1.30 bits per heavy atom. The largest absolute Gasteiger partial charge is 0.396 e. The highest BCUT2D eigenvalue weighted by molar-refractivity contribution is 5.97. The van der Waals surface area contributed by atoms with Gasteiger partial charge in [-0.25, -0.2) is 9.18 Å². The molecule has 1 saturated heterocycles. The molecule has 7 nitrogen and oxygen atoms in total. The highest BCUT2D eigenvalue weighted by Gasteiger charge is 2.33. The number of aliphatic hydroxyl groups excluding tert-OH is 1. The monoisotopic (exact) mass is 376 g/mol. The Bertz CT molecular complexity index is 1020. The Labute approximate surface area is 155 Å². The van der Waals surface area contributed by atoms with E-state index in [2.05, 4.69) is 4.98 Å². The quantitative estimate of drug-likeness (QED) is 0.707. The van der Waals surface area contributed by atoms with Crippen molar-refractivity contribution in [3.05, 3.63) is 32.2 Å². The molecule has 1 aromatic carbocycles. The van der Waals surface area contributed by atoms with Crippen LogP contribution in [0.4, 0.5) is 15.8 Å². The number of β-amino-alcohol motifs (C(OH)–C–C–N with tert-alkyl or cyclic N) is 1. The lowest BCUT2D eigenvalue weighted by Crippen LogP contribution is -2.44. The van der Waals surface area contributed by atoms with Crippen LogP contribution in [0.25, 0.3) is 10.9 Å². The summed E-state index contributed by atoms with van der Waals surface area (Å²) in [5.41, 5.74) is 5.85. The van der Waals surface area contributed by atoms with Crippen LogP contribution < -0.4 is 21.9 Å². The molecule has 146 valence electrons. The van der Waals surface area contributed by atoms with Crippen molar-refractivity contribution in [1.82, 2.24) is 9.55 Å². The molecule has 1 aromatic heterocycles. The first-order valence-corrected chi connectivity index (χ1v) is 9.54. The number of piperidine rings is 1. The van der Waals surface area contributed by atoms with Crippen molar-refractivity contribution in [3.63, 3.8) is 0 Å². The summed E-state index contributed by atoms with van der Waals surface area (Å²) in [6, 6.07) is 0.00433. The number of hydrogen-bond acceptors (Lipinski definition) is 5. The van der Waals surface area contributed by atoms with Crippen LogP contribution in [0.5, 0.6) is 0 Å². The molecule has 4 N–H and O–H groups in total. The lowest BCUT2D eigenvalue weighted by Gasteiger charge is -2.38. The SMILES string of the molecule is CCC1CCN(c2c(F)c(N)c3c(=O)[nH]c(=O)n(C4CC4)c3c2C)CC1O. The summed E-state index contributed by atoms with van der Waals surface area (Å²) < 4.78 is 16.8. The number of nitrogens with one attached hydrogen (secondary N) is 1. The average molecular weight is 376 g/mol. The predicted molar refractivity (Wildman–Crippen MR) is 103 cm³/mol. The Balaban J connectivity index is 1.96. The van der Waals surface area contributed by atoms with E-state index in [0.717, 1.165) is 25.7 Å². The van der Waals surface area contributed by atoms with Gasteiger partial charge in [-0.15, -0.1) is 0 Å². The van der Waals surface area contributed by atoms with Gasteiger partial charge in [0.2, 0.25) is 0 Å². The van der Waals surface area contributed by atoms with E-state index in [1.807, 2.05) is 6.92 Å². The van der Waals surface area contributed by atoms with E-state index in [9.17, 15) is 14.7 Å². The second kappa shape index (κ2) is 6.37. The number of aliphatic hydroxyl groups is 1. The molecule has 4 rings (SSSR count). The summed E-state index contributed by atoms with van der Waals surface area (Å²) >= 11 is 0. The number of rotatable bonds is 3. The minimum atomic E-state index is -0.664. The second-order valence-electron chi connectivity index (χ2n) is 7.76. The number of benzene rings is 1. The van der Waals surface area contributed by atoms with Gasteiger partial charge in [0.25, 0.3) is 5.56 Å². The van der Waals surface area contributed by atoms with Crippen LogP contribution in [0.2, 0.25) is 0 Å². The lowest BCUT2D eigenvalue weighted by atomic mass is 9.90. The van der Waals surface area contributed by atoms with Gasteiger partial charge < -0.3 is 15.7 Å². The van der Waals surface area contributed by atoms with Crippen molar-refractivity contribution in [2.45, 2.75) is 51.7 Å². The number of H-pyrrole nitrogens is 1. The van der Waals surface area contributed by atoms with Gasteiger partial charge in [-0.2, -0.15) is 0 Å². The molecule has 8 heteroatoms. The smallest absolute Gasteiger partial charge is 0.329 e. The summed E-state index contributed by atoms with van der Waals surface area (Å²) in [6.07, 6.45) is 2.75. The van der Waals surface area contributed by atoms with E-state index in [1.165, 1.54) is 0 Å². The number of aromatic amines is 1. The normalized spacial score (nSPS) is 23.2. The average Bonchev–Trinajstić information content (AvgIpc) is 3.44. The number of fused-ring (bicyclic) bond motifs is 1. The molecule has 0 amide bonds. The maximum Gasteiger partial charge on any atom is 0.329 e. The van der Waals surface area contributed by atoms with Crippen LogP contribution in [-0.4, -0.2) is 33.9 Å². The van der Waals surface area contributed by atoms with Crippen LogP contribution in [0.3, 0.4) is 0 Å². The van der Waals surface area contributed by atoms with Gasteiger partial charge in [-0.1, -0.05) is 13.3 Å². The molecule has 2 heterocycles. The molecule has 1 aliphatic heterocycles. The second-order valence-corrected chi connectivity index (χ2v) is 7.76. The zero-order valence-corrected chi connectivity index (χ0v) is 15.6. The van der Waals surface area contributed by atoms with Crippen LogP contribution in [0.15, 0.2) is 9.59 Å². The van der Waals surface area contributed by atoms with Crippen LogP contribution in [-0.2, 0) is 0 Å². The molecule has 0 bridgehead atoms. The number of nitrogens with zero attached hydrogens (tertiary/aromatic N) is 2. The zero-order chi connectivity index (χ0) is 19.5. The van der Waals surface area contributed by atoms with Gasteiger partial charge in [-0.3, -0.25) is 14.3 Å². The van der Waals surface area contributed by atoms with Gasteiger partial charge in [-0.05, 0) is 32.1 Å². The first-order valence-electron chi connectivity index (χ1n) is 9.54. The third kappa shape index (κ3) is 2.74. The maximum atomic E-state index is 15.2. The number of aryl methyl sites for hydroxylation is 1. The minimum absolute atomic E-state index is 0.00433. The number of hydrogen-bond donors (Lipinski definition) is 3. The third-order valence-corrected chi connectivity index (χ3v) is 6.04. The Hall–Kier alpha value is -2.35. The fraction of sp³-hybridized carbons (Fsp3) is 0.579. The van der Waals surface area contributed by atoms with E-state index in [1.54, 1.807) is 16.4 Å². The van der Waals surface area contributed by atoms with E-state index < -0.39 is 23.2 Å². The third-order valence-electron chi connectivity index (χ3n) is 6.04. The Morgan fingerprint density at radius 3 is 2.59 bits per heavy atom. The Morgan fingerprint density at radius 2 is 2.00 bits per heavy atom. The molecule has 0 spiro atoms. The highest BCUT2D eigenvalue weighted by Crippen LogP contribution is 2.41. The fourth-order valence-corrected chi connectivity index (χ4v) is 4.40. The van der Waals surface area contributed by atoms with Crippen molar-refractivity contribution in [2.75, 3.05) is 23.7 Å². The number of nitrogens with two attached hydrogens (primary N) is 1. The van der Waals surface area contributed by atoms with Crippen molar-refractivity contribution in [1.29, 1.82) is 0 Å². The number of halogens is 1. The molecule has 1 saturated carbocycles. The van der Waals surface area contributed by atoms with Gasteiger partial charge >= 0.3 is 5.69 Å². The van der Waals surface area contributed by atoms with E-state index in [-0.39, 0.29) is 28.7 Å². The van der Waals surface area contributed by atoms with E-state index in [0.29, 0.717) is 24.2 Å². The lowest BCUT2D eigenvalue weighted by molar-refractivity contribution is 0.0906. The molecular formula is C19H25FN4O3. The summed E-state index contributed by atoms with van der Waals surface area (Å²) in [6.45, 7) is 4.65. The van der Waals surface area contributed by atoms with Gasteiger partial charge in [0.1, 0.15) is 0 Å². The predicted octanol–water partition coefficient (Wildman–Crippen LogP) is 1.65. The zero-order valence-electron chi connectivity index (χ0n) is 15.6. The van der Waals surface area contributed by atoms with Crippen molar-refractivity contribution in [3.8, 4) is 0 Å². The summed E-state index contributed by atoms with van der Waals surface area (Å²) in [5.74, 6) is -0.469. The first-order chi connectivity index (χ1) is 12.8. The first kappa shape index (κ1) is 18.0. The van der Waals surface area contributed by atoms with Crippen LogP contribution >= 0.6 is 0 Å².